The van der Waals surface area contributed by atoms with Gasteiger partial charge in [-0.1, -0.05) is 19.1 Å². The zero-order valence-corrected chi connectivity index (χ0v) is 10.8. The summed E-state index contributed by atoms with van der Waals surface area (Å²) in [5, 5.41) is 0. The van der Waals surface area contributed by atoms with E-state index >= 15 is 0 Å². The van der Waals surface area contributed by atoms with E-state index in [0.29, 0.717) is 4.64 Å². The van der Waals surface area contributed by atoms with Crippen LogP contribution in [0.25, 0.3) is 0 Å². The molecule has 0 aliphatic rings. The second-order valence-corrected chi connectivity index (χ2v) is 4.45. The first-order valence-corrected chi connectivity index (χ1v) is 5.48. The number of aromatic nitrogens is 2. The average Bonchev–Trinajstić information content (AvgIpc) is 2.21. The fourth-order valence-corrected chi connectivity index (χ4v) is 1.53. The van der Waals surface area contributed by atoms with Crippen molar-refractivity contribution in [2.24, 2.45) is 0 Å². The maximum atomic E-state index is 5.38. The zero-order valence-electron chi connectivity index (χ0n) is 9.97. The minimum absolute atomic E-state index is 0.425. The molecular weight excluding hydrogens is 208 g/mol. The Hall–Kier alpha value is -0.740. The van der Waals surface area contributed by atoms with E-state index in [1.807, 2.05) is 20.8 Å². The van der Waals surface area contributed by atoms with Crippen LogP contribution in [-0.2, 0) is 16.8 Å². The number of hydrogen-bond donors (Lipinski definition) is 1. The Kier molecular flexibility index (Phi) is 3.62. The van der Waals surface area contributed by atoms with Crippen molar-refractivity contribution in [3.05, 3.63) is 21.7 Å². The molecule has 0 amide bonds. The van der Waals surface area contributed by atoms with E-state index in [4.69, 9.17) is 17.0 Å². The Labute approximate surface area is 95.9 Å². The van der Waals surface area contributed by atoms with Gasteiger partial charge in [-0.3, -0.25) is 0 Å². The van der Waals surface area contributed by atoms with Crippen molar-refractivity contribution in [1.82, 2.24) is 9.97 Å². The summed E-state index contributed by atoms with van der Waals surface area (Å²) < 4.78 is 6.04. The van der Waals surface area contributed by atoms with Crippen LogP contribution in [0.3, 0.4) is 0 Å². The van der Waals surface area contributed by atoms with Crippen molar-refractivity contribution >= 4 is 12.2 Å². The highest BCUT2D eigenvalue weighted by molar-refractivity contribution is 7.71. The maximum absolute atomic E-state index is 5.38. The Balaban J connectivity index is 3.35. The van der Waals surface area contributed by atoms with Crippen molar-refractivity contribution in [3.8, 4) is 0 Å². The van der Waals surface area contributed by atoms with Gasteiger partial charge in [0, 0.05) is 18.4 Å². The number of ether oxygens (including phenoxy) is 1. The molecule has 1 N–H and O–H groups in total. The first-order valence-electron chi connectivity index (χ1n) is 5.07. The van der Waals surface area contributed by atoms with Gasteiger partial charge in [-0.05, 0) is 27.2 Å². The molecule has 3 nitrogen and oxygen atoms in total. The molecule has 1 rings (SSSR count). The third-order valence-electron chi connectivity index (χ3n) is 2.69. The summed E-state index contributed by atoms with van der Waals surface area (Å²) in [6.07, 6.45) is 0.921. The number of aromatic amines is 1. The van der Waals surface area contributed by atoms with Crippen LogP contribution in [0.4, 0.5) is 0 Å². The summed E-state index contributed by atoms with van der Waals surface area (Å²) in [6.45, 7) is 8.02. The van der Waals surface area contributed by atoms with Crippen LogP contribution in [0, 0.1) is 11.6 Å². The first-order chi connectivity index (χ1) is 6.92. The third-order valence-corrected chi connectivity index (χ3v) is 3.09. The summed E-state index contributed by atoms with van der Waals surface area (Å²) in [5.74, 6) is 0.789. The van der Waals surface area contributed by atoms with Gasteiger partial charge in [0.25, 0.3) is 0 Å². The van der Waals surface area contributed by atoms with Crippen molar-refractivity contribution in [2.45, 2.75) is 39.7 Å². The number of rotatable bonds is 3. The van der Waals surface area contributed by atoms with Crippen molar-refractivity contribution in [3.63, 3.8) is 0 Å². The lowest BCUT2D eigenvalue weighted by Crippen LogP contribution is -2.24. The second kappa shape index (κ2) is 4.41. The van der Waals surface area contributed by atoms with Crippen LogP contribution in [-0.4, -0.2) is 17.1 Å². The van der Waals surface area contributed by atoms with Crippen molar-refractivity contribution < 1.29 is 4.74 Å². The molecule has 0 unspecified atom stereocenters. The predicted octanol–water partition coefficient (Wildman–Crippen LogP) is 2.89. The number of hydrogen-bond acceptors (Lipinski definition) is 3. The molecule has 0 fully saturated rings. The average molecular weight is 226 g/mol. The van der Waals surface area contributed by atoms with E-state index in [2.05, 4.69) is 16.9 Å². The smallest absolute Gasteiger partial charge is 0.139 e. The molecular formula is C11H18N2OS. The van der Waals surface area contributed by atoms with Gasteiger partial charge in [-0.2, -0.15) is 0 Å². The maximum Gasteiger partial charge on any atom is 0.139 e. The standard InChI is InChI=1S/C11H18N2OS/c1-6-8-7(2)9(15)13-10(12-8)11(3,4)14-5/h6H2,1-5H3,(H,12,13,15). The third kappa shape index (κ3) is 2.44. The molecule has 0 bridgehead atoms. The highest BCUT2D eigenvalue weighted by atomic mass is 32.1. The van der Waals surface area contributed by atoms with Crippen LogP contribution in [0.2, 0.25) is 0 Å². The Morgan fingerprint density at radius 2 is 2.07 bits per heavy atom. The number of methoxy groups -OCH3 is 1. The summed E-state index contributed by atoms with van der Waals surface area (Å²) >= 11 is 5.22. The lowest BCUT2D eigenvalue weighted by atomic mass is 10.1. The molecule has 0 aliphatic heterocycles. The summed E-state index contributed by atoms with van der Waals surface area (Å²) in [7, 11) is 1.67. The molecule has 1 heterocycles. The van der Waals surface area contributed by atoms with Gasteiger partial charge in [0.15, 0.2) is 0 Å². The van der Waals surface area contributed by atoms with Crippen LogP contribution >= 0.6 is 12.2 Å². The topological polar surface area (TPSA) is 37.9 Å². The molecule has 1 aromatic rings. The highest BCUT2D eigenvalue weighted by Crippen LogP contribution is 2.21. The zero-order chi connectivity index (χ0) is 11.6. The molecule has 0 saturated heterocycles. The Bertz CT molecular complexity index is 410. The molecule has 0 spiro atoms. The monoisotopic (exact) mass is 226 g/mol. The van der Waals surface area contributed by atoms with Crippen LogP contribution in [0.5, 0.6) is 0 Å². The van der Waals surface area contributed by atoms with E-state index in [1.165, 1.54) is 0 Å². The van der Waals surface area contributed by atoms with Gasteiger partial charge in [-0.15, -0.1) is 0 Å². The van der Waals surface area contributed by atoms with Crippen molar-refractivity contribution in [2.75, 3.05) is 7.11 Å². The molecule has 0 radical (unpaired) electrons. The van der Waals surface area contributed by atoms with E-state index in [0.717, 1.165) is 23.5 Å². The Morgan fingerprint density at radius 1 is 1.47 bits per heavy atom. The number of nitrogens with zero attached hydrogens (tertiary/aromatic N) is 1. The molecule has 84 valence electrons. The van der Waals surface area contributed by atoms with Gasteiger partial charge >= 0.3 is 0 Å². The van der Waals surface area contributed by atoms with E-state index in [-0.39, 0.29) is 0 Å². The molecule has 1 aromatic heterocycles. The predicted molar refractivity (Wildman–Crippen MR) is 63.6 cm³/mol. The van der Waals surface area contributed by atoms with E-state index in [1.54, 1.807) is 7.11 Å². The van der Waals surface area contributed by atoms with Gasteiger partial charge in [-0.25, -0.2) is 4.98 Å². The molecule has 15 heavy (non-hydrogen) atoms. The van der Waals surface area contributed by atoms with Gasteiger partial charge < -0.3 is 9.72 Å². The fraction of sp³-hybridized carbons (Fsp3) is 0.636. The molecule has 0 aliphatic carbocycles. The Morgan fingerprint density at radius 3 is 2.53 bits per heavy atom. The first kappa shape index (κ1) is 12.3. The lowest BCUT2D eigenvalue weighted by Gasteiger charge is -2.23. The largest absolute Gasteiger partial charge is 0.371 e. The molecule has 0 aromatic carbocycles. The van der Waals surface area contributed by atoms with Crippen molar-refractivity contribution in [1.29, 1.82) is 0 Å². The second-order valence-electron chi connectivity index (χ2n) is 4.06. The molecule has 0 saturated carbocycles. The normalized spacial score (nSPS) is 11.8. The van der Waals surface area contributed by atoms with E-state index in [9.17, 15) is 0 Å². The van der Waals surface area contributed by atoms with Gasteiger partial charge in [0.1, 0.15) is 16.1 Å². The summed E-state index contributed by atoms with van der Waals surface area (Å²) in [5.41, 5.74) is 1.77. The summed E-state index contributed by atoms with van der Waals surface area (Å²) in [6, 6.07) is 0. The minimum atomic E-state index is -0.425. The lowest BCUT2D eigenvalue weighted by molar-refractivity contribution is 0.0112. The van der Waals surface area contributed by atoms with Gasteiger partial charge in [0.05, 0.1) is 0 Å². The van der Waals surface area contributed by atoms with Crippen LogP contribution < -0.4 is 0 Å². The summed E-state index contributed by atoms with van der Waals surface area (Å²) in [4.78, 5) is 7.65. The van der Waals surface area contributed by atoms with Crippen LogP contribution in [0.1, 0.15) is 37.9 Å². The SMILES string of the molecule is CCc1[nH]c(C(C)(C)OC)nc(=S)c1C. The van der Waals surface area contributed by atoms with E-state index < -0.39 is 5.60 Å². The highest BCUT2D eigenvalue weighted by Gasteiger charge is 2.23. The minimum Gasteiger partial charge on any atom is -0.371 e. The quantitative estimate of drug-likeness (QED) is 0.805. The fourth-order valence-electron chi connectivity index (χ4n) is 1.31. The number of aryl methyl sites for hydroxylation is 1. The van der Waals surface area contributed by atoms with Crippen LogP contribution in [0.15, 0.2) is 0 Å². The number of nitrogens with one attached hydrogen (secondary N) is 1. The number of H-pyrrole nitrogens is 1. The molecule has 4 heteroatoms. The van der Waals surface area contributed by atoms with Gasteiger partial charge in [0.2, 0.25) is 0 Å². The molecule has 0 atom stereocenters.